The van der Waals surface area contributed by atoms with Crippen LogP contribution in [0.1, 0.15) is 23.2 Å². The molecule has 0 spiro atoms. The lowest BCUT2D eigenvalue weighted by Crippen LogP contribution is -2.10. The molecule has 0 aliphatic heterocycles. The minimum Gasteiger partial charge on any atom is -0.495 e. The van der Waals surface area contributed by atoms with Crippen LogP contribution in [0.5, 0.6) is 5.75 Å². The minimum atomic E-state index is -0.536. The number of carbonyl (C=O) groups is 1. The summed E-state index contributed by atoms with van der Waals surface area (Å²) in [6.07, 6.45) is 0. The Balaban J connectivity index is 2.60. The molecule has 0 aliphatic rings. The van der Waals surface area contributed by atoms with E-state index in [1.807, 2.05) is 18.2 Å². The quantitative estimate of drug-likeness (QED) is 0.854. The number of halogens is 1. The van der Waals surface area contributed by atoms with E-state index in [1.165, 1.54) is 0 Å². The van der Waals surface area contributed by atoms with Crippen LogP contribution < -0.4 is 10.5 Å². The number of hydrogen-bond acceptors (Lipinski definition) is 5. The van der Waals surface area contributed by atoms with Crippen molar-refractivity contribution in [3.8, 4) is 11.4 Å². The monoisotopic (exact) mass is 353 g/mol. The number of rotatable bonds is 4. The number of ether oxygens (including phenoxy) is 2. The molecule has 2 N–H and O–H groups in total. The van der Waals surface area contributed by atoms with Crippen molar-refractivity contribution in [2.24, 2.45) is 0 Å². The smallest absolute Gasteiger partial charge is 0.360 e. The maximum absolute atomic E-state index is 11.9. The van der Waals surface area contributed by atoms with E-state index >= 15 is 0 Å². The first kappa shape index (κ1) is 15.4. The molecule has 1 heterocycles. The molecule has 1 aromatic carbocycles. The standard InChI is InChI=1S/C14H16BrN3O3/c1-4-21-14(19)12-13(16)18(8(2)17-12)10-7-9(15)5-6-11(10)20-3/h5-7H,4,16H2,1-3H3. The maximum atomic E-state index is 11.9. The van der Waals surface area contributed by atoms with E-state index in [2.05, 4.69) is 20.9 Å². The average molecular weight is 354 g/mol. The van der Waals surface area contributed by atoms with E-state index in [0.29, 0.717) is 17.3 Å². The highest BCUT2D eigenvalue weighted by Crippen LogP contribution is 2.31. The predicted molar refractivity (Wildman–Crippen MR) is 82.9 cm³/mol. The summed E-state index contributed by atoms with van der Waals surface area (Å²) < 4.78 is 12.8. The van der Waals surface area contributed by atoms with Gasteiger partial charge in [0.05, 0.1) is 19.4 Å². The molecule has 7 heteroatoms. The van der Waals surface area contributed by atoms with Crippen LogP contribution in [0, 0.1) is 6.92 Å². The van der Waals surface area contributed by atoms with Crippen LogP contribution in [-0.4, -0.2) is 29.2 Å². The molecule has 0 bridgehead atoms. The van der Waals surface area contributed by atoms with Crippen LogP contribution in [0.2, 0.25) is 0 Å². The number of anilines is 1. The van der Waals surface area contributed by atoms with Crippen LogP contribution in [0.15, 0.2) is 22.7 Å². The van der Waals surface area contributed by atoms with E-state index in [0.717, 1.165) is 4.47 Å². The van der Waals surface area contributed by atoms with Gasteiger partial charge in [0.25, 0.3) is 0 Å². The lowest BCUT2D eigenvalue weighted by atomic mass is 10.3. The second kappa shape index (κ2) is 6.17. The van der Waals surface area contributed by atoms with Crippen molar-refractivity contribution >= 4 is 27.7 Å². The molecule has 0 amide bonds. The Morgan fingerprint density at radius 2 is 2.19 bits per heavy atom. The number of nitrogen functional groups attached to an aromatic ring is 1. The number of imidazole rings is 1. The summed E-state index contributed by atoms with van der Waals surface area (Å²) in [7, 11) is 1.57. The molecule has 0 unspecified atom stereocenters. The predicted octanol–water partition coefficient (Wildman–Crippen LogP) is 2.71. The lowest BCUT2D eigenvalue weighted by molar-refractivity contribution is 0.0521. The number of nitrogens with zero attached hydrogens (tertiary/aromatic N) is 2. The minimum absolute atomic E-state index is 0.108. The Morgan fingerprint density at radius 3 is 2.81 bits per heavy atom. The summed E-state index contributed by atoms with van der Waals surface area (Å²) in [4.78, 5) is 16.1. The molecule has 0 saturated heterocycles. The molecule has 0 aliphatic carbocycles. The van der Waals surface area contributed by atoms with Crippen molar-refractivity contribution in [3.63, 3.8) is 0 Å². The van der Waals surface area contributed by atoms with Crippen LogP contribution in [-0.2, 0) is 4.74 Å². The summed E-state index contributed by atoms with van der Waals surface area (Å²) in [5, 5.41) is 0. The molecule has 112 valence electrons. The number of esters is 1. The van der Waals surface area contributed by atoms with Gasteiger partial charge in [0, 0.05) is 4.47 Å². The highest BCUT2D eigenvalue weighted by Gasteiger charge is 2.22. The number of aromatic nitrogens is 2. The number of benzene rings is 1. The molecule has 0 fully saturated rings. The zero-order chi connectivity index (χ0) is 15.6. The van der Waals surface area contributed by atoms with E-state index in [-0.39, 0.29) is 18.1 Å². The highest BCUT2D eigenvalue weighted by molar-refractivity contribution is 9.10. The third-order valence-electron chi connectivity index (χ3n) is 2.93. The first-order valence-electron chi connectivity index (χ1n) is 6.35. The fourth-order valence-electron chi connectivity index (χ4n) is 2.04. The molecule has 2 rings (SSSR count). The molecular formula is C14H16BrN3O3. The second-order valence-electron chi connectivity index (χ2n) is 4.26. The van der Waals surface area contributed by atoms with Crippen molar-refractivity contribution in [2.75, 3.05) is 19.5 Å². The van der Waals surface area contributed by atoms with Crippen LogP contribution in [0.4, 0.5) is 5.82 Å². The Labute approximate surface area is 131 Å². The molecule has 1 aromatic heterocycles. The topological polar surface area (TPSA) is 79.4 Å². The van der Waals surface area contributed by atoms with Gasteiger partial charge in [-0.2, -0.15) is 0 Å². The average Bonchev–Trinajstić information content (AvgIpc) is 2.74. The first-order chi connectivity index (χ1) is 9.99. The second-order valence-corrected chi connectivity index (χ2v) is 5.18. The molecule has 21 heavy (non-hydrogen) atoms. The molecule has 0 radical (unpaired) electrons. The third-order valence-corrected chi connectivity index (χ3v) is 3.42. The zero-order valence-corrected chi connectivity index (χ0v) is 13.6. The van der Waals surface area contributed by atoms with E-state index in [4.69, 9.17) is 15.2 Å². The van der Waals surface area contributed by atoms with Gasteiger partial charge in [-0.15, -0.1) is 0 Å². The fraction of sp³-hybridized carbons (Fsp3) is 0.286. The normalized spacial score (nSPS) is 10.5. The van der Waals surface area contributed by atoms with Crippen molar-refractivity contribution in [3.05, 3.63) is 34.2 Å². The maximum Gasteiger partial charge on any atom is 0.360 e. The van der Waals surface area contributed by atoms with Gasteiger partial charge in [-0.05, 0) is 32.0 Å². The summed E-state index contributed by atoms with van der Waals surface area (Å²) in [5.41, 5.74) is 6.88. The van der Waals surface area contributed by atoms with E-state index < -0.39 is 5.97 Å². The Hall–Kier alpha value is -2.02. The fourth-order valence-corrected chi connectivity index (χ4v) is 2.39. The van der Waals surface area contributed by atoms with Gasteiger partial charge >= 0.3 is 5.97 Å². The summed E-state index contributed by atoms with van der Waals surface area (Å²) in [6.45, 7) is 3.76. The number of aryl methyl sites for hydroxylation is 1. The van der Waals surface area contributed by atoms with Gasteiger partial charge in [0.2, 0.25) is 0 Å². The molecule has 0 atom stereocenters. The number of nitrogens with two attached hydrogens (primary N) is 1. The largest absolute Gasteiger partial charge is 0.495 e. The van der Waals surface area contributed by atoms with Gasteiger partial charge in [-0.3, -0.25) is 4.57 Å². The van der Waals surface area contributed by atoms with Gasteiger partial charge < -0.3 is 15.2 Å². The third kappa shape index (κ3) is 2.87. The van der Waals surface area contributed by atoms with E-state index in [9.17, 15) is 4.79 Å². The summed E-state index contributed by atoms with van der Waals surface area (Å²) in [6, 6.07) is 5.51. The van der Waals surface area contributed by atoms with Gasteiger partial charge in [-0.1, -0.05) is 15.9 Å². The molecule has 6 nitrogen and oxygen atoms in total. The summed E-state index contributed by atoms with van der Waals surface area (Å²) in [5.74, 6) is 0.890. The molecule has 0 saturated carbocycles. The van der Waals surface area contributed by atoms with Gasteiger partial charge in [0.15, 0.2) is 5.69 Å². The molecule has 2 aromatic rings. The van der Waals surface area contributed by atoms with Crippen LogP contribution in [0.25, 0.3) is 5.69 Å². The first-order valence-corrected chi connectivity index (χ1v) is 7.14. The Kier molecular flexibility index (Phi) is 4.52. The molecular weight excluding hydrogens is 338 g/mol. The Bertz CT molecular complexity index is 682. The van der Waals surface area contributed by atoms with Crippen LogP contribution in [0.3, 0.4) is 0 Å². The van der Waals surface area contributed by atoms with Gasteiger partial charge in [-0.25, -0.2) is 9.78 Å². The van der Waals surface area contributed by atoms with Crippen molar-refractivity contribution in [1.82, 2.24) is 9.55 Å². The number of hydrogen-bond donors (Lipinski definition) is 1. The van der Waals surface area contributed by atoms with Crippen molar-refractivity contribution < 1.29 is 14.3 Å². The van der Waals surface area contributed by atoms with Crippen molar-refractivity contribution in [1.29, 1.82) is 0 Å². The number of methoxy groups -OCH3 is 1. The van der Waals surface area contributed by atoms with Crippen LogP contribution >= 0.6 is 15.9 Å². The van der Waals surface area contributed by atoms with Gasteiger partial charge in [0.1, 0.15) is 17.4 Å². The Morgan fingerprint density at radius 1 is 1.48 bits per heavy atom. The zero-order valence-electron chi connectivity index (χ0n) is 12.0. The highest BCUT2D eigenvalue weighted by atomic mass is 79.9. The SMILES string of the molecule is CCOC(=O)c1nc(C)n(-c2cc(Br)ccc2OC)c1N. The summed E-state index contributed by atoms with van der Waals surface area (Å²) >= 11 is 3.41. The lowest BCUT2D eigenvalue weighted by Gasteiger charge is -2.13. The number of carbonyl (C=O) groups excluding carboxylic acids is 1. The van der Waals surface area contributed by atoms with E-state index in [1.54, 1.807) is 25.5 Å². The van der Waals surface area contributed by atoms with Crippen molar-refractivity contribution in [2.45, 2.75) is 13.8 Å².